The molecule has 1 heterocycles. The second-order valence-corrected chi connectivity index (χ2v) is 3.11. The first kappa shape index (κ1) is 8.11. The molecule has 2 rings (SSSR count). The van der Waals surface area contributed by atoms with Gasteiger partial charge in [-0.05, 0) is 29.2 Å². The number of benzene rings is 1. The van der Waals surface area contributed by atoms with E-state index in [1.807, 2.05) is 12.4 Å². The molecule has 1 nitrogen and oxygen atoms in total. The van der Waals surface area contributed by atoms with Gasteiger partial charge in [-0.15, -0.1) is 0 Å². The fourth-order valence-corrected chi connectivity index (χ4v) is 1.60. The molecule has 13 heavy (non-hydrogen) atoms. The van der Waals surface area contributed by atoms with E-state index >= 15 is 0 Å². The van der Waals surface area contributed by atoms with Crippen LogP contribution < -0.4 is 0 Å². The normalized spacial score (nSPS) is 10.2. The van der Waals surface area contributed by atoms with E-state index in [4.69, 9.17) is 0 Å². The molecule has 1 heteroatoms. The summed E-state index contributed by atoms with van der Waals surface area (Å²) >= 11 is 0. The van der Waals surface area contributed by atoms with E-state index in [1.165, 1.54) is 16.7 Å². The van der Waals surface area contributed by atoms with Crippen molar-refractivity contribution in [1.82, 2.24) is 4.98 Å². The number of aromatic nitrogens is 1. The highest BCUT2D eigenvalue weighted by Gasteiger charge is 2.01. The van der Waals surface area contributed by atoms with Crippen LogP contribution in [0.3, 0.4) is 0 Å². The number of hydrogen-bond donors (Lipinski definition) is 1. The van der Waals surface area contributed by atoms with Gasteiger partial charge in [0.1, 0.15) is 0 Å². The fraction of sp³-hybridized carbons (Fsp3) is 0.167. The summed E-state index contributed by atoms with van der Waals surface area (Å²) in [6.07, 6.45) is 5.08. The predicted octanol–water partition coefficient (Wildman–Crippen LogP) is 3.24. The monoisotopic (exact) mass is 171 g/mol. The van der Waals surface area contributed by atoms with Gasteiger partial charge in [0.05, 0.1) is 0 Å². The van der Waals surface area contributed by atoms with Gasteiger partial charge < -0.3 is 4.98 Å². The third-order valence-corrected chi connectivity index (χ3v) is 2.31. The van der Waals surface area contributed by atoms with Gasteiger partial charge in [0.2, 0.25) is 0 Å². The van der Waals surface area contributed by atoms with Crippen LogP contribution in [0.2, 0.25) is 0 Å². The van der Waals surface area contributed by atoms with Crippen molar-refractivity contribution in [2.75, 3.05) is 0 Å². The van der Waals surface area contributed by atoms with Crippen molar-refractivity contribution in [3.05, 3.63) is 48.3 Å². The largest absolute Gasteiger partial charge is 0.367 e. The molecule has 0 amide bonds. The number of hydrogen-bond acceptors (Lipinski definition) is 0. The van der Waals surface area contributed by atoms with Crippen molar-refractivity contribution in [3.8, 4) is 11.1 Å². The summed E-state index contributed by atoms with van der Waals surface area (Å²) in [5, 5.41) is 0. The smallest absolute Gasteiger partial charge is 0.00842 e. The van der Waals surface area contributed by atoms with Crippen LogP contribution in [0.1, 0.15) is 12.5 Å². The van der Waals surface area contributed by atoms with Gasteiger partial charge >= 0.3 is 0 Å². The van der Waals surface area contributed by atoms with E-state index in [9.17, 15) is 0 Å². The van der Waals surface area contributed by atoms with Crippen LogP contribution in [0, 0.1) is 0 Å². The summed E-state index contributed by atoms with van der Waals surface area (Å²) < 4.78 is 0. The average Bonchev–Trinajstić information content (AvgIpc) is 2.70. The molecule has 66 valence electrons. The van der Waals surface area contributed by atoms with E-state index in [2.05, 4.69) is 42.2 Å². The van der Waals surface area contributed by atoms with Crippen molar-refractivity contribution in [1.29, 1.82) is 0 Å². The van der Waals surface area contributed by atoms with Crippen LogP contribution in [0.15, 0.2) is 42.7 Å². The topological polar surface area (TPSA) is 15.8 Å². The minimum atomic E-state index is 1.08. The zero-order chi connectivity index (χ0) is 9.10. The quantitative estimate of drug-likeness (QED) is 0.714. The van der Waals surface area contributed by atoms with E-state index in [1.54, 1.807) is 0 Å². The summed E-state index contributed by atoms with van der Waals surface area (Å²) in [4.78, 5) is 3.08. The molecule has 0 fully saturated rings. The molecule has 0 saturated heterocycles. The molecule has 1 N–H and O–H groups in total. The van der Waals surface area contributed by atoms with Crippen molar-refractivity contribution in [3.63, 3.8) is 0 Å². The van der Waals surface area contributed by atoms with Crippen molar-refractivity contribution >= 4 is 0 Å². The molecule has 0 aliphatic rings. The molecule has 1 aromatic carbocycles. The number of aryl methyl sites for hydroxylation is 1. The van der Waals surface area contributed by atoms with E-state index in [0.717, 1.165) is 6.42 Å². The lowest BCUT2D eigenvalue weighted by atomic mass is 10.0. The third-order valence-electron chi connectivity index (χ3n) is 2.31. The lowest BCUT2D eigenvalue weighted by Gasteiger charge is -2.04. The zero-order valence-corrected chi connectivity index (χ0v) is 7.75. The molecule has 0 saturated carbocycles. The van der Waals surface area contributed by atoms with Gasteiger partial charge in [-0.1, -0.05) is 31.2 Å². The van der Waals surface area contributed by atoms with Crippen LogP contribution in [0.4, 0.5) is 0 Å². The molecule has 0 aliphatic carbocycles. The highest BCUT2D eigenvalue weighted by Crippen LogP contribution is 2.22. The van der Waals surface area contributed by atoms with Crippen LogP contribution in [0.25, 0.3) is 11.1 Å². The van der Waals surface area contributed by atoms with Gasteiger partial charge in [0.25, 0.3) is 0 Å². The third kappa shape index (κ3) is 1.50. The SMILES string of the molecule is CCc1ccccc1-c1cc[nH]c1. The minimum Gasteiger partial charge on any atom is -0.367 e. The standard InChI is InChI=1S/C12H13N/c1-2-10-5-3-4-6-12(10)11-7-8-13-9-11/h3-9,13H,2H2,1H3. The Morgan fingerprint density at radius 3 is 2.69 bits per heavy atom. The van der Waals surface area contributed by atoms with Crippen LogP contribution in [-0.2, 0) is 6.42 Å². The first-order valence-corrected chi connectivity index (χ1v) is 4.63. The molecule has 0 spiro atoms. The maximum atomic E-state index is 3.08. The molecular formula is C12H13N. The van der Waals surface area contributed by atoms with Crippen LogP contribution >= 0.6 is 0 Å². The maximum absolute atomic E-state index is 3.08. The molecule has 0 atom stereocenters. The van der Waals surface area contributed by atoms with Crippen molar-refractivity contribution < 1.29 is 0 Å². The number of rotatable bonds is 2. The zero-order valence-electron chi connectivity index (χ0n) is 7.75. The van der Waals surface area contributed by atoms with Crippen molar-refractivity contribution in [2.24, 2.45) is 0 Å². The Morgan fingerprint density at radius 2 is 2.00 bits per heavy atom. The average molecular weight is 171 g/mol. The molecule has 0 aliphatic heterocycles. The lowest BCUT2D eigenvalue weighted by molar-refractivity contribution is 1.14. The minimum absolute atomic E-state index is 1.08. The first-order valence-electron chi connectivity index (χ1n) is 4.63. The molecule has 0 unspecified atom stereocenters. The first-order chi connectivity index (χ1) is 6.42. The summed E-state index contributed by atoms with van der Waals surface area (Å²) in [6.45, 7) is 2.19. The Bertz CT molecular complexity index is 374. The second-order valence-electron chi connectivity index (χ2n) is 3.11. The predicted molar refractivity (Wildman–Crippen MR) is 55.6 cm³/mol. The Balaban J connectivity index is 2.51. The molecule has 2 aromatic rings. The van der Waals surface area contributed by atoms with Gasteiger partial charge in [0.15, 0.2) is 0 Å². The summed E-state index contributed by atoms with van der Waals surface area (Å²) in [5.74, 6) is 0. The Hall–Kier alpha value is -1.50. The number of aromatic amines is 1. The van der Waals surface area contributed by atoms with E-state index in [-0.39, 0.29) is 0 Å². The molecule has 0 bridgehead atoms. The highest BCUT2D eigenvalue weighted by atomic mass is 14.6. The van der Waals surface area contributed by atoms with Gasteiger partial charge in [-0.25, -0.2) is 0 Å². The van der Waals surface area contributed by atoms with Crippen LogP contribution in [0.5, 0.6) is 0 Å². The summed E-state index contributed by atoms with van der Waals surface area (Å²) in [7, 11) is 0. The summed E-state index contributed by atoms with van der Waals surface area (Å²) in [5.41, 5.74) is 4.02. The molecular weight excluding hydrogens is 158 g/mol. The molecule has 0 radical (unpaired) electrons. The highest BCUT2D eigenvalue weighted by molar-refractivity contribution is 5.66. The Kier molecular flexibility index (Phi) is 2.17. The van der Waals surface area contributed by atoms with Gasteiger partial charge in [0, 0.05) is 12.4 Å². The Labute approximate surface area is 78.4 Å². The fourth-order valence-electron chi connectivity index (χ4n) is 1.60. The lowest BCUT2D eigenvalue weighted by Crippen LogP contribution is -1.84. The Morgan fingerprint density at radius 1 is 1.15 bits per heavy atom. The molecule has 1 aromatic heterocycles. The van der Waals surface area contributed by atoms with Gasteiger partial charge in [-0.2, -0.15) is 0 Å². The second kappa shape index (κ2) is 3.48. The van der Waals surface area contributed by atoms with Crippen molar-refractivity contribution in [2.45, 2.75) is 13.3 Å². The maximum Gasteiger partial charge on any atom is 0.00842 e. The van der Waals surface area contributed by atoms with Crippen LogP contribution in [-0.4, -0.2) is 4.98 Å². The summed E-state index contributed by atoms with van der Waals surface area (Å²) in [6, 6.07) is 10.6. The van der Waals surface area contributed by atoms with Gasteiger partial charge in [-0.3, -0.25) is 0 Å². The van der Waals surface area contributed by atoms with E-state index < -0.39 is 0 Å². The van der Waals surface area contributed by atoms with E-state index in [0.29, 0.717) is 0 Å². The number of nitrogens with one attached hydrogen (secondary N) is 1. The number of H-pyrrole nitrogens is 1.